The highest BCUT2D eigenvalue weighted by Crippen LogP contribution is 2.21. The number of aromatic nitrogens is 2. The lowest BCUT2D eigenvalue weighted by Crippen LogP contribution is -2.37. The van der Waals surface area contributed by atoms with Gasteiger partial charge in [0.1, 0.15) is 17.9 Å². The first-order valence-electron chi connectivity index (χ1n) is 6.49. The number of rotatable bonds is 7. The normalized spacial score (nSPS) is 12.2. The maximum Gasteiger partial charge on any atom is 0.312 e. The minimum Gasteiger partial charge on any atom is -0.396 e. The molecule has 0 spiro atoms. The van der Waals surface area contributed by atoms with Crippen molar-refractivity contribution in [3.8, 4) is 0 Å². The summed E-state index contributed by atoms with van der Waals surface area (Å²) in [7, 11) is 0. The van der Waals surface area contributed by atoms with Gasteiger partial charge in [0.05, 0.1) is 4.92 Å². The molecule has 0 aliphatic carbocycles. The third kappa shape index (κ3) is 3.77. The van der Waals surface area contributed by atoms with Crippen LogP contribution in [-0.4, -0.2) is 38.4 Å². The second kappa shape index (κ2) is 6.99. The molecule has 1 aromatic rings. The van der Waals surface area contributed by atoms with E-state index in [-0.39, 0.29) is 30.8 Å². The first-order valence-corrected chi connectivity index (χ1v) is 6.49. The zero-order valence-electron chi connectivity index (χ0n) is 11.9. The van der Waals surface area contributed by atoms with Crippen molar-refractivity contribution in [2.75, 3.05) is 6.61 Å². The van der Waals surface area contributed by atoms with Gasteiger partial charge in [-0.05, 0) is 26.7 Å². The summed E-state index contributed by atoms with van der Waals surface area (Å²) in [5.74, 6) is -0.272. The molecule has 1 unspecified atom stereocenters. The number of carbonyl (C=O) groups excluding carboxylic acids is 1. The summed E-state index contributed by atoms with van der Waals surface area (Å²) in [5.41, 5.74) is 0.598. The third-order valence-corrected chi connectivity index (χ3v) is 3.15. The number of carbonyl (C=O) groups is 1. The molecule has 1 heterocycles. The van der Waals surface area contributed by atoms with Crippen LogP contribution in [0.3, 0.4) is 0 Å². The molecule has 20 heavy (non-hydrogen) atoms. The molecule has 1 aromatic heterocycles. The summed E-state index contributed by atoms with van der Waals surface area (Å²) in [6.07, 6.45) is 1.20. The van der Waals surface area contributed by atoms with Gasteiger partial charge in [0.15, 0.2) is 0 Å². The first-order chi connectivity index (χ1) is 9.40. The Morgan fingerprint density at radius 2 is 2.20 bits per heavy atom. The van der Waals surface area contributed by atoms with Gasteiger partial charge >= 0.3 is 5.69 Å². The Morgan fingerprint density at radius 3 is 2.65 bits per heavy atom. The van der Waals surface area contributed by atoms with E-state index >= 15 is 0 Å². The van der Waals surface area contributed by atoms with Gasteiger partial charge in [-0.1, -0.05) is 6.92 Å². The minimum absolute atomic E-state index is 0.00413. The molecule has 0 aliphatic heterocycles. The molecule has 0 saturated heterocycles. The molecular formula is C12H20N4O4. The van der Waals surface area contributed by atoms with E-state index in [9.17, 15) is 14.9 Å². The molecule has 112 valence electrons. The van der Waals surface area contributed by atoms with Crippen LogP contribution in [0.2, 0.25) is 0 Å². The molecule has 0 radical (unpaired) electrons. The van der Waals surface area contributed by atoms with Crippen LogP contribution >= 0.6 is 0 Å². The fourth-order valence-electron chi connectivity index (χ4n) is 2.05. The van der Waals surface area contributed by atoms with E-state index in [2.05, 4.69) is 10.4 Å². The van der Waals surface area contributed by atoms with E-state index < -0.39 is 4.92 Å². The van der Waals surface area contributed by atoms with Crippen molar-refractivity contribution in [2.45, 2.75) is 46.2 Å². The van der Waals surface area contributed by atoms with E-state index in [0.29, 0.717) is 24.2 Å². The van der Waals surface area contributed by atoms with E-state index in [1.54, 1.807) is 13.8 Å². The zero-order valence-corrected chi connectivity index (χ0v) is 11.9. The number of aliphatic hydroxyl groups excluding tert-OH is 1. The number of hydrogen-bond acceptors (Lipinski definition) is 5. The van der Waals surface area contributed by atoms with Crippen LogP contribution in [0.1, 0.15) is 31.2 Å². The van der Waals surface area contributed by atoms with Crippen LogP contribution in [0.15, 0.2) is 0 Å². The van der Waals surface area contributed by atoms with Gasteiger partial charge in [-0.15, -0.1) is 0 Å². The molecule has 0 aliphatic rings. The van der Waals surface area contributed by atoms with Crippen molar-refractivity contribution in [3.05, 3.63) is 21.5 Å². The number of nitrogens with zero attached hydrogens (tertiary/aromatic N) is 3. The molecule has 8 nitrogen and oxygen atoms in total. The Morgan fingerprint density at radius 1 is 1.55 bits per heavy atom. The SMILES string of the molecule is CCC(CCO)NC(=O)Cn1nc(C)c([N+](=O)[O-])c1C. The van der Waals surface area contributed by atoms with Crippen molar-refractivity contribution in [3.63, 3.8) is 0 Å². The summed E-state index contributed by atoms with van der Waals surface area (Å²) in [4.78, 5) is 22.3. The van der Waals surface area contributed by atoms with Gasteiger partial charge in [0.2, 0.25) is 5.91 Å². The third-order valence-electron chi connectivity index (χ3n) is 3.15. The predicted molar refractivity (Wildman–Crippen MR) is 72.3 cm³/mol. The summed E-state index contributed by atoms with van der Waals surface area (Å²) in [5, 5.41) is 26.5. The van der Waals surface area contributed by atoms with Crippen LogP contribution in [0.5, 0.6) is 0 Å². The zero-order chi connectivity index (χ0) is 15.3. The highest BCUT2D eigenvalue weighted by molar-refractivity contribution is 5.76. The quantitative estimate of drug-likeness (QED) is 0.565. The molecule has 0 aromatic carbocycles. The summed E-state index contributed by atoms with van der Waals surface area (Å²) in [6, 6.07) is -0.0977. The Hall–Kier alpha value is -1.96. The molecule has 0 saturated carbocycles. The minimum atomic E-state index is -0.493. The molecule has 0 bridgehead atoms. The van der Waals surface area contributed by atoms with Gasteiger partial charge < -0.3 is 10.4 Å². The van der Waals surface area contributed by atoms with Crippen molar-refractivity contribution in [1.82, 2.24) is 15.1 Å². The van der Waals surface area contributed by atoms with Gasteiger partial charge in [-0.3, -0.25) is 19.6 Å². The number of aliphatic hydroxyl groups is 1. The number of amides is 1. The number of nitro groups is 1. The highest BCUT2D eigenvalue weighted by Gasteiger charge is 2.23. The second-order valence-electron chi connectivity index (χ2n) is 4.62. The lowest BCUT2D eigenvalue weighted by Gasteiger charge is -2.15. The second-order valence-corrected chi connectivity index (χ2v) is 4.62. The Labute approximate surface area is 116 Å². The van der Waals surface area contributed by atoms with E-state index in [1.807, 2.05) is 6.92 Å². The number of nitrogens with one attached hydrogen (secondary N) is 1. The fourth-order valence-corrected chi connectivity index (χ4v) is 2.05. The molecule has 0 fully saturated rings. The molecule has 8 heteroatoms. The molecule has 1 atom stereocenters. The van der Waals surface area contributed by atoms with Crippen molar-refractivity contribution < 1.29 is 14.8 Å². The molecule has 1 rings (SSSR count). The van der Waals surface area contributed by atoms with Crippen LogP contribution in [0.25, 0.3) is 0 Å². The summed E-state index contributed by atoms with van der Waals surface area (Å²) < 4.78 is 1.33. The first kappa shape index (κ1) is 16.1. The van der Waals surface area contributed by atoms with Crippen LogP contribution < -0.4 is 5.32 Å². The maximum atomic E-state index is 11.9. The Bertz CT molecular complexity index is 498. The summed E-state index contributed by atoms with van der Waals surface area (Å²) in [6.45, 7) is 4.96. The van der Waals surface area contributed by atoms with Crippen LogP contribution in [0.4, 0.5) is 5.69 Å². The van der Waals surface area contributed by atoms with Gasteiger partial charge in [-0.25, -0.2) is 0 Å². The van der Waals surface area contributed by atoms with Gasteiger partial charge in [0.25, 0.3) is 0 Å². The Kier molecular flexibility index (Phi) is 5.63. The fraction of sp³-hybridized carbons (Fsp3) is 0.667. The molecule has 1 amide bonds. The topological polar surface area (TPSA) is 110 Å². The van der Waals surface area contributed by atoms with Gasteiger partial charge in [-0.2, -0.15) is 5.10 Å². The highest BCUT2D eigenvalue weighted by atomic mass is 16.6. The van der Waals surface area contributed by atoms with Crippen LogP contribution in [0, 0.1) is 24.0 Å². The van der Waals surface area contributed by atoms with Crippen LogP contribution in [-0.2, 0) is 11.3 Å². The lowest BCUT2D eigenvalue weighted by atomic mass is 10.1. The van der Waals surface area contributed by atoms with E-state index in [1.165, 1.54) is 4.68 Å². The molecular weight excluding hydrogens is 264 g/mol. The van der Waals surface area contributed by atoms with Crippen molar-refractivity contribution in [1.29, 1.82) is 0 Å². The van der Waals surface area contributed by atoms with Crippen molar-refractivity contribution in [2.24, 2.45) is 0 Å². The Balaban J connectivity index is 2.76. The van der Waals surface area contributed by atoms with E-state index in [0.717, 1.165) is 0 Å². The lowest BCUT2D eigenvalue weighted by molar-refractivity contribution is -0.386. The molecule has 2 N–H and O–H groups in total. The monoisotopic (exact) mass is 284 g/mol. The largest absolute Gasteiger partial charge is 0.396 e. The summed E-state index contributed by atoms with van der Waals surface area (Å²) >= 11 is 0. The smallest absolute Gasteiger partial charge is 0.312 e. The maximum absolute atomic E-state index is 11.9. The average molecular weight is 284 g/mol. The number of hydrogen-bond donors (Lipinski definition) is 2. The average Bonchev–Trinajstić information content (AvgIpc) is 2.63. The number of aryl methyl sites for hydroxylation is 1. The predicted octanol–water partition coefficient (Wildman–Crippen LogP) is 0.685. The van der Waals surface area contributed by atoms with E-state index in [4.69, 9.17) is 5.11 Å². The van der Waals surface area contributed by atoms with Crippen molar-refractivity contribution >= 4 is 11.6 Å². The standard InChI is InChI=1S/C12H20N4O4/c1-4-10(5-6-17)13-11(18)7-15-9(3)12(16(19)20)8(2)14-15/h10,17H,4-7H2,1-3H3,(H,13,18). The van der Waals surface area contributed by atoms with Gasteiger partial charge in [0, 0.05) is 12.6 Å².